The third-order valence-corrected chi connectivity index (χ3v) is 3.19. The van der Waals surface area contributed by atoms with Crippen LogP contribution in [0.1, 0.15) is 12.0 Å². The largest absolute Gasteiger partial charge is 0.480 e. The molecule has 1 rings (SSSR count). The first-order valence-corrected chi connectivity index (χ1v) is 7.49. The summed E-state index contributed by atoms with van der Waals surface area (Å²) in [5.41, 5.74) is 0.765. The fraction of sp³-hybridized carbons (Fsp3) is 0.357. The Morgan fingerprint density at radius 2 is 2.14 bits per heavy atom. The second-order valence-electron chi connectivity index (χ2n) is 4.24. The number of rotatable bonds is 7. The lowest BCUT2D eigenvalue weighted by molar-refractivity contribution is -0.150. The molecule has 1 aromatic rings. The van der Waals surface area contributed by atoms with Crippen LogP contribution in [0.4, 0.5) is 0 Å². The van der Waals surface area contributed by atoms with Gasteiger partial charge in [0.2, 0.25) is 0 Å². The van der Waals surface area contributed by atoms with Gasteiger partial charge in [-0.1, -0.05) is 27.5 Å². The van der Waals surface area contributed by atoms with Crippen LogP contribution in [0.5, 0.6) is 5.75 Å². The van der Waals surface area contributed by atoms with E-state index in [1.165, 1.54) is 0 Å². The summed E-state index contributed by atoms with van der Waals surface area (Å²) in [6.45, 7) is 1.24. The number of nitrogens with zero attached hydrogens (tertiary/aromatic N) is 1. The molecule has 0 atom stereocenters. The molecule has 0 saturated carbocycles. The highest BCUT2D eigenvalue weighted by atomic mass is 79.9. The van der Waals surface area contributed by atoms with Gasteiger partial charge in [0.15, 0.2) is 13.2 Å². The molecule has 1 N–H and O–H groups in total. The molecule has 8 heteroatoms. The normalized spacial score (nSPS) is 9.73. The monoisotopic (exact) mass is 388 g/mol. The van der Waals surface area contributed by atoms with E-state index < -0.39 is 18.5 Å². The van der Waals surface area contributed by atoms with E-state index in [1.54, 1.807) is 19.1 Å². The summed E-state index contributed by atoms with van der Waals surface area (Å²) in [6.07, 6.45) is 0.199. The summed E-state index contributed by atoms with van der Waals surface area (Å²) < 4.78 is 10.9. The Hall–Kier alpha value is -1.78. The van der Waals surface area contributed by atoms with E-state index >= 15 is 0 Å². The molecule has 0 fully saturated rings. The van der Waals surface area contributed by atoms with Gasteiger partial charge in [-0.3, -0.25) is 4.79 Å². The van der Waals surface area contributed by atoms with E-state index in [1.807, 2.05) is 6.07 Å². The molecule has 0 aliphatic carbocycles. The molecular formula is C14H14BrClN2O4. The van der Waals surface area contributed by atoms with Gasteiger partial charge < -0.3 is 14.8 Å². The number of hydrogen-bond acceptors (Lipinski definition) is 5. The molecule has 0 unspecified atom stereocenters. The molecule has 22 heavy (non-hydrogen) atoms. The Morgan fingerprint density at radius 1 is 1.41 bits per heavy atom. The fourth-order valence-electron chi connectivity index (χ4n) is 1.50. The zero-order chi connectivity index (χ0) is 16.5. The number of nitrogens with one attached hydrogen (secondary N) is 1. The lowest BCUT2D eigenvalue weighted by atomic mass is 10.2. The maximum Gasteiger partial charge on any atom is 0.344 e. The summed E-state index contributed by atoms with van der Waals surface area (Å²) in [4.78, 5) is 22.8. The van der Waals surface area contributed by atoms with Crippen molar-refractivity contribution in [3.8, 4) is 11.8 Å². The number of esters is 1. The van der Waals surface area contributed by atoms with Gasteiger partial charge in [-0.05, 0) is 24.6 Å². The van der Waals surface area contributed by atoms with Crippen molar-refractivity contribution in [1.82, 2.24) is 5.32 Å². The third kappa shape index (κ3) is 6.33. The van der Waals surface area contributed by atoms with Crippen LogP contribution in [0.3, 0.4) is 0 Å². The van der Waals surface area contributed by atoms with Gasteiger partial charge in [-0.15, -0.1) is 0 Å². The number of ether oxygens (including phenoxy) is 2. The number of nitriles is 1. The second kappa shape index (κ2) is 9.28. The lowest BCUT2D eigenvalue weighted by Crippen LogP contribution is -2.30. The number of amides is 1. The molecule has 6 nitrogen and oxygen atoms in total. The van der Waals surface area contributed by atoms with Crippen LogP contribution in [0.15, 0.2) is 16.6 Å². The molecule has 0 bridgehead atoms. The van der Waals surface area contributed by atoms with Crippen LogP contribution in [0.2, 0.25) is 5.02 Å². The molecule has 0 aromatic heterocycles. The van der Waals surface area contributed by atoms with Gasteiger partial charge in [0.25, 0.3) is 5.91 Å². The highest BCUT2D eigenvalue weighted by Gasteiger charge is 2.12. The summed E-state index contributed by atoms with van der Waals surface area (Å²) in [5.74, 6) is -0.768. The number of aryl methyl sites for hydroxylation is 1. The van der Waals surface area contributed by atoms with Crippen molar-refractivity contribution in [1.29, 1.82) is 5.26 Å². The molecule has 0 aliphatic heterocycles. The lowest BCUT2D eigenvalue weighted by Gasteiger charge is -2.11. The Balaban J connectivity index is 2.38. The summed E-state index contributed by atoms with van der Waals surface area (Å²) in [7, 11) is 0. The number of carbonyl (C=O) groups is 2. The zero-order valence-electron chi connectivity index (χ0n) is 11.8. The summed E-state index contributed by atoms with van der Waals surface area (Å²) in [6, 6.07) is 5.33. The molecule has 1 amide bonds. The standard InChI is InChI=1S/C14H14BrClN2O4/c1-9-5-10(15)6-11(16)14(9)22-8-13(20)21-7-12(19)18-4-2-3-17/h5-6H,2,4,7-8H2,1H3,(H,18,19). The molecule has 0 spiro atoms. The predicted molar refractivity (Wildman–Crippen MR) is 83.6 cm³/mol. The van der Waals surface area contributed by atoms with Crippen LogP contribution in [-0.2, 0) is 14.3 Å². The summed E-state index contributed by atoms with van der Waals surface area (Å²) in [5, 5.41) is 11.1. The molecule has 0 heterocycles. The van der Waals surface area contributed by atoms with Crippen molar-refractivity contribution in [2.75, 3.05) is 19.8 Å². The maximum absolute atomic E-state index is 11.5. The van der Waals surface area contributed by atoms with Crippen molar-refractivity contribution < 1.29 is 19.1 Å². The number of hydrogen-bond donors (Lipinski definition) is 1. The van der Waals surface area contributed by atoms with E-state index in [0.29, 0.717) is 10.8 Å². The number of benzene rings is 1. The minimum absolute atomic E-state index is 0.199. The fourth-order valence-corrected chi connectivity index (χ4v) is 2.52. The van der Waals surface area contributed by atoms with Crippen molar-refractivity contribution >= 4 is 39.4 Å². The minimum Gasteiger partial charge on any atom is -0.480 e. The first-order chi connectivity index (χ1) is 10.4. The molecule has 0 aliphatic rings. The van der Waals surface area contributed by atoms with Crippen molar-refractivity contribution in [3.05, 3.63) is 27.2 Å². The topological polar surface area (TPSA) is 88.4 Å². The van der Waals surface area contributed by atoms with E-state index in [-0.39, 0.29) is 19.6 Å². The Bertz CT molecular complexity index is 578. The quantitative estimate of drug-likeness (QED) is 0.571. The van der Waals surface area contributed by atoms with Gasteiger partial charge in [0.05, 0.1) is 17.5 Å². The molecule has 118 valence electrons. The first kappa shape index (κ1) is 18.3. The minimum atomic E-state index is -0.686. The average molecular weight is 390 g/mol. The molecule has 0 radical (unpaired) electrons. The van der Waals surface area contributed by atoms with Gasteiger partial charge in [-0.2, -0.15) is 5.26 Å². The number of halogens is 2. The van der Waals surface area contributed by atoms with E-state index in [0.717, 1.165) is 10.0 Å². The van der Waals surface area contributed by atoms with Gasteiger partial charge in [0.1, 0.15) is 5.75 Å². The zero-order valence-corrected chi connectivity index (χ0v) is 14.2. The Kier molecular flexibility index (Phi) is 7.71. The Labute approximate surface area is 141 Å². The molecule has 1 aromatic carbocycles. The number of carbonyl (C=O) groups excluding carboxylic acids is 2. The van der Waals surface area contributed by atoms with E-state index in [2.05, 4.69) is 21.2 Å². The Morgan fingerprint density at radius 3 is 2.77 bits per heavy atom. The van der Waals surface area contributed by atoms with Crippen molar-refractivity contribution in [3.63, 3.8) is 0 Å². The van der Waals surface area contributed by atoms with E-state index in [4.69, 9.17) is 26.3 Å². The smallest absolute Gasteiger partial charge is 0.344 e. The average Bonchev–Trinajstić information content (AvgIpc) is 2.44. The van der Waals surface area contributed by atoms with Crippen LogP contribution in [0.25, 0.3) is 0 Å². The highest BCUT2D eigenvalue weighted by molar-refractivity contribution is 9.10. The maximum atomic E-state index is 11.5. The molecular weight excluding hydrogens is 376 g/mol. The van der Waals surface area contributed by atoms with Crippen molar-refractivity contribution in [2.24, 2.45) is 0 Å². The third-order valence-electron chi connectivity index (χ3n) is 2.45. The second-order valence-corrected chi connectivity index (χ2v) is 5.56. The van der Waals surface area contributed by atoms with Crippen LogP contribution < -0.4 is 10.1 Å². The van der Waals surface area contributed by atoms with E-state index in [9.17, 15) is 9.59 Å². The van der Waals surface area contributed by atoms with Crippen LogP contribution in [-0.4, -0.2) is 31.6 Å². The summed E-state index contributed by atoms with van der Waals surface area (Å²) >= 11 is 9.32. The van der Waals surface area contributed by atoms with Crippen LogP contribution in [0, 0.1) is 18.3 Å². The van der Waals surface area contributed by atoms with Gasteiger partial charge >= 0.3 is 5.97 Å². The molecule has 0 saturated heterocycles. The van der Waals surface area contributed by atoms with Gasteiger partial charge in [-0.25, -0.2) is 4.79 Å². The van der Waals surface area contributed by atoms with Crippen molar-refractivity contribution in [2.45, 2.75) is 13.3 Å². The highest BCUT2D eigenvalue weighted by Crippen LogP contribution is 2.31. The predicted octanol–water partition coefficient (Wildman–Crippen LogP) is 2.36. The first-order valence-electron chi connectivity index (χ1n) is 6.31. The van der Waals surface area contributed by atoms with Crippen LogP contribution >= 0.6 is 27.5 Å². The SMILES string of the molecule is Cc1cc(Br)cc(Cl)c1OCC(=O)OCC(=O)NCCC#N. The van der Waals surface area contributed by atoms with Gasteiger partial charge in [0, 0.05) is 11.0 Å².